The van der Waals surface area contributed by atoms with Crippen molar-refractivity contribution in [2.24, 2.45) is 5.10 Å². The van der Waals surface area contributed by atoms with E-state index in [4.69, 9.17) is 11.6 Å². The molecule has 0 saturated heterocycles. The number of hydrogen-bond donors (Lipinski definition) is 1. The summed E-state index contributed by atoms with van der Waals surface area (Å²) in [7, 11) is -4.05. The van der Waals surface area contributed by atoms with Crippen LogP contribution in [-0.2, 0) is 14.8 Å². The molecule has 1 amide bonds. The third-order valence-electron chi connectivity index (χ3n) is 4.34. The van der Waals surface area contributed by atoms with E-state index in [1.165, 1.54) is 36.4 Å². The topological polar surface area (TPSA) is 78.8 Å². The maximum absolute atomic E-state index is 13.7. The molecule has 3 rings (SSSR count). The van der Waals surface area contributed by atoms with Crippen molar-refractivity contribution >= 4 is 39.4 Å². The molecular weight excluding hydrogens is 441 g/mol. The molecule has 6 nitrogen and oxygen atoms in total. The van der Waals surface area contributed by atoms with Gasteiger partial charge >= 0.3 is 0 Å². The lowest BCUT2D eigenvalue weighted by Gasteiger charge is -2.25. The highest BCUT2D eigenvalue weighted by Crippen LogP contribution is 2.28. The summed E-state index contributed by atoms with van der Waals surface area (Å²) in [4.78, 5) is 12.5. The highest BCUT2D eigenvalue weighted by Gasteiger charge is 2.28. The molecule has 0 aliphatic rings. The molecule has 0 bridgehead atoms. The van der Waals surface area contributed by atoms with Crippen molar-refractivity contribution in [3.63, 3.8) is 0 Å². The summed E-state index contributed by atoms with van der Waals surface area (Å²) >= 11 is 6.00. The van der Waals surface area contributed by atoms with E-state index in [-0.39, 0.29) is 10.5 Å². The fraction of sp³-hybridized carbons (Fsp3) is 0.0909. The summed E-state index contributed by atoms with van der Waals surface area (Å²) in [6.45, 7) is 1.16. The molecule has 0 heterocycles. The van der Waals surface area contributed by atoms with Crippen LogP contribution in [-0.4, -0.2) is 27.1 Å². The van der Waals surface area contributed by atoms with Crippen molar-refractivity contribution in [2.75, 3.05) is 10.8 Å². The average Bonchev–Trinajstić information content (AvgIpc) is 2.74. The first-order valence-corrected chi connectivity index (χ1v) is 11.0. The zero-order valence-electron chi connectivity index (χ0n) is 16.5. The average molecular weight is 460 g/mol. The second kappa shape index (κ2) is 9.72. The van der Waals surface area contributed by atoms with Crippen molar-refractivity contribution in [2.45, 2.75) is 11.8 Å². The predicted molar refractivity (Wildman–Crippen MR) is 119 cm³/mol. The van der Waals surface area contributed by atoms with E-state index in [2.05, 4.69) is 10.5 Å². The van der Waals surface area contributed by atoms with Crippen LogP contribution >= 0.6 is 11.6 Å². The second-order valence-corrected chi connectivity index (χ2v) is 8.87. The number of nitrogens with one attached hydrogen (secondary N) is 1. The number of carbonyl (C=O) groups is 1. The summed E-state index contributed by atoms with van der Waals surface area (Å²) in [5.74, 6) is -1.19. The molecule has 0 unspecified atom stereocenters. The molecular formula is C22H19ClFN3O3S. The van der Waals surface area contributed by atoms with Crippen LogP contribution in [0.15, 0.2) is 82.8 Å². The van der Waals surface area contributed by atoms with Gasteiger partial charge in [0.2, 0.25) is 0 Å². The molecule has 3 aromatic rings. The van der Waals surface area contributed by atoms with Gasteiger partial charge in [0.05, 0.1) is 16.8 Å². The van der Waals surface area contributed by atoms with Gasteiger partial charge in [0.1, 0.15) is 12.4 Å². The first-order valence-electron chi connectivity index (χ1n) is 9.19. The van der Waals surface area contributed by atoms with E-state index in [1.54, 1.807) is 43.3 Å². The molecule has 0 aromatic heterocycles. The lowest BCUT2D eigenvalue weighted by molar-refractivity contribution is -0.119. The normalized spacial score (nSPS) is 11.5. The van der Waals surface area contributed by atoms with Gasteiger partial charge in [-0.1, -0.05) is 48.0 Å². The van der Waals surface area contributed by atoms with Crippen LogP contribution in [0.2, 0.25) is 5.02 Å². The van der Waals surface area contributed by atoms with Gasteiger partial charge in [-0.15, -0.1) is 0 Å². The Labute approximate surface area is 185 Å². The van der Waals surface area contributed by atoms with E-state index in [0.29, 0.717) is 16.3 Å². The van der Waals surface area contributed by atoms with Crippen LogP contribution in [0.1, 0.15) is 11.1 Å². The molecule has 31 heavy (non-hydrogen) atoms. The second-order valence-electron chi connectivity index (χ2n) is 6.57. The molecule has 0 atom stereocenters. The van der Waals surface area contributed by atoms with Crippen LogP contribution in [0.5, 0.6) is 0 Å². The van der Waals surface area contributed by atoms with Crippen LogP contribution in [0.3, 0.4) is 0 Å². The van der Waals surface area contributed by atoms with E-state index in [0.717, 1.165) is 10.5 Å². The van der Waals surface area contributed by atoms with Gasteiger partial charge in [-0.2, -0.15) is 5.10 Å². The molecule has 3 aromatic carbocycles. The Morgan fingerprint density at radius 3 is 2.45 bits per heavy atom. The van der Waals surface area contributed by atoms with E-state index < -0.39 is 28.3 Å². The largest absolute Gasteiger partial charge is 0.271 e. The molecule has 0 fully saturated rings. The predicted octanol–water partition coefficient (Wildman–Crippen LogP) is 4.13. The fourth-order valence-corrected chi connectivity index (χ4v) is 4.57. The Bertz CT molecular complexity index is 1220. The quantitative estimate of drug-likeness (QED) is 0.426. The maximum Gasteiger partial charge on any atom is 0.264 e. The maximum atomic E-state index is 13.7. The highest BCUT2D eigenvalue weighted by atomic mass is 35.5. The smallest absolute Gasteiger partial charge is 0.264 e. The lowest BCUT2D eigenvalue weighted by atomic mass is 10.2. The number of benzene rings is 3. The van der Waals surface area contributed by atoms with Crippen LogP contribution < -0.4 is 9.73 Å². The lowest BCUT2D eigenvalue weighted by Crippen LogP contribution is -2.40. The molecule has 0 spiro atoms. The summed E-state index contributed by atoms with van der Waals surface area (Å²) in [6.07, 6.45) is 1.15. The van der Waals surface area contributed by atoms with Gasteiger partial charge in [0, 0.05) is 10.6 Å². The van der Waals surface area contributed by atoms with Crippen LogP contribution in [0.4, 0.5) is 10.1 Å². The minimum atomic E-state index is -4.05. The Morgan fingerprint density at radius 2 is 1.77 bits per heavy atom. The zero-order chi connectivity index (χ0) is 22.4. The van der Waals surface area contributed by atoms with Gasteiger partial charge in [-0.25, -0.2) is 18.2 Å². The molecule has 0 saturated carbocycles. The summed E-state index contributed by atoms with van der Waals surface area (Å²) in [5, 5.41) is 4.18. The van der Waals surface area contributed by atoms with Gasteiger partial charge in [-0.05, 0) is 48.9 Å². The standard InChI is InChI=1S/C22H19ClFN3O3S/c1-16-13-18(23)11-12-21(16)27(31(29,30)19-8-3-2-4-9-19)15-22(28)26-25-14-17-7-5-6-10-20(17)24/h2-14H,15H2,1H3,(H,26,28)/b25-14-. The summed E-state index contributed by atoms with van der Waals surface area (Å²) in [6, 6.07) is 18.4. The Hall–Kier alpha value is -3.23. The number of hydrogen-bond acceptors (Lipinski definition) is 4. The van der Waals surface area contributed by atoms with Gasteiger partial charge in [-0.3, -0.25) is 9.10 Å². The van der Waals surface area contributed by atoms with Gasteiger partial charge in [0.15, 0.2) is 0 Å². The number of carbonyl (C=O) groups excluding carboxylic acids is 1. The molecule has 1 N–H and O–H groups in total. The molecule has 9 heteroatoms. The first-order chi connectivity index (χ1) is 14.8. The van der Waals surface area contributed by atoms with Gasteiger partial charge < -0.3 is 0 Å². The Balaban J connectivity index is 1.88. The number of aryl methyl sites for hydroxylation is 1. The molecule has 0 aliphatic heterocycles. The third kappa shape index (κ3) is 5.48. The zero-order valence-corrected chi connectivity index (χ0v) is 18.1. The number of sulfonamides is 1. The van der Waals surface area contributed by atoms with Crippen molar-refractivity contribution in [3.05, 3.63) is 94.8 Å². The van der Waals surface area contributed by atoms with Crippen molar-refractivity contribution in [1.29, 1.82) is 0 Å². The first kappa shape index (κ1) is 22.5. The minimum Gasteiger partial charge on any atom is -0.271 e. The summed E-state index contributed by atoms with van der Waals surface area (Å²) in [5.41, 5.74) is 3.32. The van der Waals surface area contributed by atoms with Crippen LogP contribution in [0, 0.1) is 12.7 Å². The number of rotatable bonds is 7. The highest BCUT2D eigenvalue weighted by molar-refractivity contribution is 7.92. The fourth-order valence-electron chi connectivity index (χ4n) is 2.84. The number of hydrazone groups is 1. The van der Waals surface area contributed by atoms with E-state index >= 15 is 0 Å². The summed E-state index contributed by atoms with van der Waals surface area (Å²) < 4.78 is 41.2. The van der Waals surface area contributed by atoms with Crippen LogP contribution in [0.25, 0.3) is 0 Å². The molecule has 160 valence electrons. The van der Waals surface area contributed by atoms with Crippen molar-refractivity contribution in [1.82, 2.24) is 5.43 Å². The number of amides is 1. The molecule has 0 aliphatic carbocycles. The number of nitrogens with zero attached hydrogens (tertiary/aromatic N) is 2. The third-order valence-corrected chi connectivity index (χ3v) is 6.35. The minimum absolute atomic E-state index is 0.0343. The number of anilines is 1. The van der Waals surface area contributed by atoms with E-state index in [9.17, 15) is 17.6 Å². The van der Waals surface area contributed by atoms with Crippen molar-refractivity contribution in [3.8, 4) is 0 Å². The monoisotopic (exact) mass is 459 g/mol. The van der Waals surface area contributed by atoms with Gasteiger partial charge in [0.25, 0.3) is 15.9 Å². The SMILES string of the molecule is Cc1cc(Cl)ccc1N(CC(=O)N/N=C\c1ccccc1F)S(=O)(=O)c1ccccc1. The molecule has 0 radical (unpaired) electrons. The Kier molecular flexibility index (Phi) is 7.04. The van der Waals surface area contributed by atoms with Crippen molar-refractivity contribution < 1.29 is 17.6 Å². The number of halogens is 2. The van der Waals surface area contributed by atoms with E-state index in [1.807, 2.05) is 0 Å². The Morgan fingerprint density at radius 1 is 1.10 bits per heavy atom.